The van der Waals surface area contributed by atoms with Gasteiger partial charge in [-0.25, -0.2) is 0 Å². The highest BCUT2D eigenvalue weighted by atomic mass is 16.5. The number of nitrogens with zero attached hydrogens (tertiary/aromatic N) is 4. The Hall–Kier alpha value is -3.65. The number of anilines is 1. The number of carbonyl (C=O) groups is 1. The van der Waals surface area contributed by atoms with Crippen LogP contribution in [0.15, 0.2) is 51.8 Å². The molecule has 1 amide bonds. The number of hydrogen-bond acceptors (Lipinski definition) is 6. The summed E-state index contributed by atoms with van der Waals surface area (Å²) in [4.78, 5) is 28.9. The molecule has 2 aromatic carbocycles. The maximum absolute atomic E-state index is 12.7. The summed E-state index contributed by atoms with van der Waals surface area (Å²) in [5.74, 6) is 0.408. The summed E-state index contributed by atoms with van der Waals surface area (Å²) in [6.45, 7) is 8.36. The molecule has 176 valence electrons. The lowest BCUT2D eigenvalue weighted by Gasteiger charge is -2.34. The van der Waals surface area contributed by atoms with E-state index < -0.39 is 5.91 Å². The topological polar surface area (TPSA) is 97.6 Å². The van der Waals surface area contributed by atoms with Gasteiger partial charge in [0.1, 0.15) is 6.54 Å². The molecule has 1 fully saturated rings. The van der Waals surface area contributed by atoms with Gasteiger partial charge in [0.25, 0.3) is 5.56 Å². The van der Waals surface area contributed by atoms with Crippen molar-refractivity contribution in [3.63, 3.8) is 0 Å². The van der Waals surface area contributed by atoms with E-state index in [0.29, 0.717) is 5.56 Å². The van der Waals surface area contributed by atoms with Gasteiger partial charge in [-0.05, 0) is 55.7 Å². The quantitative estimate of drug-likeness (QED) is 0.476. The van der Waals surface area contributed by atoms with Crippen LogP contribution < -0.4 is 16.2 Å². The Morgan fingerprint density at radius 1 is 1.03 bits per heavy atom. The van der Waals surface area contributed by atoms with E-state index in [1.165, 1.54) is 10.1 Å². The van der Waals surface area contributed by atoms with Gasteiger partial charge in [0.15, 0.2) is 11.4 Å². The number of piperazine rings is 1. The summed E-state index contributed by atoms with van der Waals surface area (Å²) in [7, 11) is 0. The largest absolute Gasteiger partial charge is 0.368 e. The van der Waals surface area contributed by atoms with Crippen molar-refractivity contribution in [2.75, 3.05) is 37.6 Å². The predicted octanol–water partition coefficient (Wildman–Crippen LogP) is 2.61. The zero-order valence-electron chi connectivity index (χ0n) is 19.6. The van der Waals surface area contributed by atoms with E-state index in [2.05, 4.69) is 27.1 Å². The van der Waals surface area contributed by atoms with E-state index in [1.54, 1.807) is 6.92 Å². The first-order chi connectivity index (χ1) is 16.4. The first-order valence-corrected chi connectivity index (χ1v) is 11.6. The van der Waals surface area contributed by atoms with Crippen LogP contribution in [0, 0.1) is 13.8 Å². The Bertz CT molecular complexity index is 1430. The molecule has 0 atom stereocenters. The van der Waals surface area contributed by atoms with Crippen LogP contribution in [-0.2, 0) is 17.8 Å². The van der Waals surface area contributed by atoms with Crippen molar-refractivity contribution < 1.29 is 9.32 Å². The number of amides is 1. The number of primary amides is 1. The summed E-state index contributed by atoms with van der Waals surface area (Å²) in [6.07, 6.45) is 0.913. The summed E-state index contributed by atoms with van der Waals surface area (Å²) < 4.78 is 6.96. The van der Waals surface area contributed by atoms with Crippen molar-refractivity contribution in [2.24, 2.45) is 5.73 Å². The molecule has 1 aliphatic rings. The van der Waals surface area contributed by atoms with E-state index in [0.717, 1.165) is 72.4 Å². The molecular formula is C26H29N5O3. The number of aromatic nitrogens is 2. The monoisotopic (exact) mass is 459 g/mol. The normalized spacial score (nSPS) is 14.8. The van der Waals surface area contributed by atoms with Gasteiger partial charge in [-0.2, -0.15) is 0 Å². The van der Waals surface area contributed by atoms with Crippen LogP contribution in [-0.4, -0.2) is 53.3 Å². The molecule has 0 unspecified atom stereocenters. The van der Waals surface area contributed by atoms with Gasteiger partial charge < -0.3 is 15.2 Å². The first-order valence-electron chi connectivity index (χ1n) is 11.6. The molecule has 2 N–H and O–H groups in total. The SMILES string of the molecule is Cc1c(C)c2cc(CCN3CCN(c4noc5ccccc45)CC3)ccc2n(CC(N)=O)c1=O. The Morgan fingerprint density at radius 2 is 1.79 bits per heavy atom. The Morgan fingerprint density at radius 3 is 2.56 bits per heavy atom. The van der Waals surface area contributed by atoms with Crippen LogP contribution in [0.2, 0.25) is 0 Å². The van der Waals surface area contributed by atoms with Crippen LogP contribution in [0.3, 0.4) is 0 Å². The minimum absolute atomic E-state index is 0.110. The van der Waals surface area contributed by atoms with Gasteiger partial charge in [-0.3, -0.25) is 19.1 Å². The lowest BCUT2D eigenvalue weighted by atomic mass is 10.0. The fraction of sp³-hybridized carbons (Fsp3) is 0.346. The highest BCUT2D eigenvalue weighted by molar-refractivity contribution is 5.88. The lowest BCUT2D eigenvalue weighted by Crippen LogP contribution is -2.47. The van der Waals surface area contributed by atoms with Crippen molar-refractivity contribution in [2.45, 2.75) is 26.8 Å². The average molecular weight is 460 g/mol. The fourth-order valence-electron chi connectivity index (χ4n) is 4.83. The highest BCUT2D eigenvalue weighted by Gasteiger charge is 2.21. The van der Waals surface area contributed by atoms with Crippen molar-refractivity contribution >= 4 is 33.6 Å². The summed E-state index contributed by atoms with van der Waals surface area (Å²) in [6, 6.07) is 14.1. The maximum atomic E-state index is 12.7. The molecule has 0 aliphatic carbocycles. The second-order valence-corrected chi connectivity index (χ2v) is 9.04. The Kier molecular flexibility index (Phi) is 5.83. The Labute approximate surface area is 197 Å². The van der Waals surface area contributed by atoms with Crippen molar-refractivity contribution in [1.29, 1.82) is 0 Å². The number of para-hydroxylation sites is 1. The molecule has 34 heavy (non-hydrogen) atoms. The predicted molar refractivity (Wildman–Crippen MR) is 133 cm³/mol. The average Bonchev–Trinajstić information content (AvgIpc) is 3.28. The van der Waals surface area contributed by atoms with E-state index in [4.69, 9.17) is 10.3 Å². The highest BCUT2D eigenvalue weighted by Crippen LogP contribution is 2.27. The maximum Gasteiger partial charge on any atom is 0.254 e. The van der Waals surface area contributed by atoms with Gasteiger partial charge in [-0.15, -0.1) is 0 Å². The van der Waals surface area contributed by atoms with E-state index in [-0.39, 0.29) is 12.1 Å². The second-order valence-electron chi connectivity index (χ2n) is 9.04. The fourth-order valence-corrected chi connectivity index (χ4v) is 4.83. The van der Waals surface area contributed by atoms with Crippen LogP contribution in [0.4, 0.5) is 5.82 Å². The molecule has 8 nitrogen and oxygen atoms in total. The summed E-state index contributed by atoms with van der Waals surface area (Å²) >= 11 is 0. The van der Waals surface area contributed by atoms with E-state index in [9.17, 15) is 9.59 Å². The Balaban J connectivity index is 1.27. The van der Waals surface area contributed by atoms with Crippen molar-refractivity contribution in [3.8, 4) is 0 Å². The smallest absolute Gasteiger partial charge is 0.254 e. The van der Waals surface area contributed by atoms with Gasteiger partial charge in [0, 0.05) is 43.7 Å². The molecular weight excluding hydrogens is 430 g/mol. The van der Waals surface area contributed by atoms with Gasteiger partial charge in [-0.1, -0.05) is 23.4 Å². The summed E-state index contributed by atoms with van der Waals surface area (Å²) in [5, 5.41) is 6.35. The van der Waals surface area contributed by atoms with Crippen LogP contribution in [0.1, 0.15) is 16.7 Å². The van der Waals surface area contributed by atoms with E-state index in [1.807, 2.05) is 37.3 Å². The number of carbonyl (C=O) groups excluding carboxylic acids is 1. The van der Waals surface area contributed by atoms with Crippen LogP contribution >= 0.6 is 0 Å². The molecule has 8 heteroatoms. The number of hydrogen-bond donors (Lipinski definition) is 1. The minimum atomic E-state index is -0.520. The molecule has 4 aromatic rings. The number of fused-ring (bicyclic) bond motifs is 2. The van der Waals surface area contributed by atoms with Gasteiger partial charge in [0.05, 0.1) is 10.9 Å². The number of benzene rings is 2. The third-order valence-electron chi connectivity index (χ3n) is 6.95. The molecule has 2 aromatic heterocycles. The van der Waals surface area contributed by atoms with Gasteiger partial charge >= 0.3 is 0 Å². The van der Waals surface area contributed by atoms with Crippen molar-refractivity contribution in [3.05, 3.63) is 69.5 Å². The number of nitrogens with two attached hydrogens (primary N) is 1. The third kappa shape index (κ3) is 4.05. The number of aryl methyl sites for hydroxylation is 1. The number of rotatable bonds is 6. The van der Waals surface area contributed by atoms with Crippen LogP contribution in [0.5, 0.6) is 0 Å². The second kappa shape index (κ2) is 8.95. The zero-order valence-corrected chi connectivity index (χ0v) is 19.6. The molecule has 1 saturated heterocycles. The van der Waals surface area contributed by atoms with Crippen LogP contribution in [0.25, 0.3) is 21.9 Å². The van der Waals surface area contributed by atoms with E-state index >= 15 is 0 Å². The molecule has 0 bridgehead atoms. The zero-order chi connectivity index (χ0) is 23.8. The molecule has 3 heterocycles. The lowest BCUT2D eigenvalue weighted by molar-refractivity contribution is -0.118. The summed E-state index contributed by atoms with van der Waals surface area (Å²) in [5.41, 5.74) is 9.62. The third-order valence-corrected chi connectivity index (χ3v) is 6.95. The molecule has 0 spiro atoms. The molecule has 0 saturated carbocycles. The molecule has 0 radical (unpaired) electrons. The first kappa shape index (κ1) is 22.2. The molecule has 5 rings (SSSR count). The van der Waals surface area contributed by atoms with Crippen molar-refractivity contribution in [1.82, 2.24) is 14.6 Å². The number of pyridine rings is 1. The minimum Gasteiger partial charge on any atom is -0.368 e. The molecule has 1 aliphatic heterocycles. The van der Waals surface area contributed by atoms with Gasteiger partial charge in [0.2, 0.25) is 5.91 Å². The standard InChI is InChI=1S/C26H29N5O3/c1-17-18(2)26(33)31(16-24(27)32)22-8-7-19(15-21(17)22)9-10-29-11-13-30(14-12-29)25-20-5-3-4-6-23(20)34-28-25/h3-8,15H,9-14,16H2,1-2H3,(H2,27,32).